The molecule has 0 saturated carbocycles. The van der Waals surface area contributed by atoms with E-state index < -0.39 is 12.0 Å². The molecule has 0 aromatic heterocycles. The summed E-state index contributed by atoms with van der Waals surface area (Å²) in [6, 6.07) is 4.44. The fourth-order valence-electron chi connectivity index (χ4n) is 3.99. The number of amides is 2. The molecule has 0 spiro atoms. The quantitative estimate of drug-likeness (QED) is 0.200. The number of hydrogen-bond acceptors (Lipinski definition) is 4. The number of nitrogens with one attached hydrogen (secondary N) is 2. The topological polar surface area (TPSA) is 76.7 Å². The van der Waals surface area contributed by atoms with Crippen molar-refractivity contribution in [1.82, 2.24) is 10.6 Å². The number of ether oxygens (including phenoxy) is 2. The molecule has 0 radical (unpaired) electrons. The van der Waals surface area contributed by atoms with Gasteiger partial charge in [-0.05, 0) is 50.8 Å². The van der Waals surface area contributed by atoms with Crippen molar-refractivity contribution < 1.29 is 19.1 Å². The highest BCUT2D eigenvalue weighted by Crippen LogP contribution is 2.34. The van der Waals surface area contributed by atoms with Crippen LogP contribution in [0.5, 0.6) is 5.75 Å². The normalized spacial score (nSPS) is 15.8. The molecule has 2 amide bonds. The van der Waals surface area contributed by atoms with Gasteiger partial charge in [-0.2, -0.15) is 0 Å². The Balaban J connectivity index is 2.11. The highest BCUT2D eigenvalue weighted by Gasteiger charge is 2.34. The lowest BCUT2D eigenvalue weighted by Crippen LogP contribution is -2.46. The van der Waals surface area contributed by atoms with Crippen LogP contribution in [0.2, 0.25) is 5.02 Å². The molecule has 0 fully saturated rings. The Morgan fingerprint density at radius 1 is 1.03 bits per heavy atom. The van der Waals surface area contributed by atoms with Gasteiger partial charge < -0.3 is 20.1 Å². The van der Waals surface area contributed by atoms with Crippen LogP contribution in [0, 0.1) is 0 Å². The van der Waals surface area contributed by atoms with Gasteiger partial charge in [0.15, 0.2) is 0 Å². The third-order valence-electron chi connectivity index (χ3n) is 5.79. The Morgan fingerprint density at radius 2 is 1.71 bits per heavy atom. The smallest absolute Gasteiger partial charge is 0.338 e. The van der Waals surface area contributed by atoms with Crippen molar-refractivity contribution in [2.24, 2.45) is 0 Å². The van der Waals surface area contributed by atoms with Gasteiger partial charge in [0.05, 0.1) is 29.3 Å². The van der Waals surface area contributed by atoms with Crippen LogP contribution in [0.1, 0.15) is 104 Å². The Kier molecular flexibility index (Phi) is 12.3. The van der Waals surface area contributed by atoms with E-state index in [4.69, 9.17) is 21.1 Å². The van der Waals surface area contributed by atoms with Gasteiger partial charge in [-0.3, -0.25) is 0 Å². The number of rotatable bonds is 15. The van der Waals surface area contributed by atoms with Crippen LogP contribution >= 0.6 is 11.6 Å². The minimum Gasteiger partial charge on any atom is -0.492 e. The minimum atomic E-state index is -0.637. The second-order valence-corrected chi connectivity index (χ2v) is 9.55. The average molecular weight is 493 g/mol. The zero-order valence-corrected chi connectivity index (χ0v) is 21.9. The van der Waals surface area contributed by atoms with Crippen LogP contribution in [0.4, 0.5) is 4.79 Å². The number of esters is 1. The molecular weight excluding hydrogens is 452 g/mol. The summed E-state index contributed by atoms with van der Waals surface area (Å²) in [4.78, 5) is 25.4. The molecule has 0 saturated heterocycles. The first-order chi connectivity index (χ1) is 16.4. The summed E-state index contributed by atoms with van der Waals surface area (Å²) in [5.41, 5.74) is 1.75. The monoisotopic (exact) mass is 492 g/mol. The number of unbranched alkanes of at least 4 members (excludes halogenated alkanes) is 7. The predicted octanol–water partition coefficient (Wildman–Crippen LogP) is 7.22. The number of halogens is 1. The number of allylic oxidation sites excluding steroid dienone is 1. The summed E-state index contributed by atoms with van der Waals surface area (Å²) in [7, 11) is 0. The van der Waals surface area contributed by atoms with Gasteiger partial charge in [0, 0.05) is 5.70 Å². The second-order valence-electron chi connectivity index (χ2n) is 9.14. The van der Waals surface area contributed by atoms with Crippen molar-refractivity contribution in [1.29, 1.82) is 0 Å². The SMILES string of the molecule is CCCCCCCCCOc1ccc(C2NC(=O)NC(CCCC)=C2C(=O)OC(C)C)cc1Cl. The van der Waals surface area contributed by atoms with Crippen molar-refractivity contribution in [2.75, 3.05) is 6.61 Å². The van der Waals surface area contributed by atoms with Gasteiger partial charge in [0.1, 0.15) is 5.75 Å². The van der Waals surface area contributed by atoms with Gasteiger partial charge in [-0.15, -0.1) is 0 Å². The second kappa shape index (κ2) is 14.9. The zero-order chi connectivity index (χ0) is 24.9. The molecule has 0 bridgehead atoms. The number of carbonyl (C=O) groups is 2. The molecule has 7 heteroatoms. The highest BCUT2D eigenvalue weighted by molar-refractivity contribution is 6.32. The fourth-order valence-corrected chi connectivity index (χ4v) is 4.24. The fraction of sp³-hybridized carbons (Fsp3) is 0.630. The summed E-state index contributed by atoms with van der Waals surface area (Å²) in [5, 5.41) is 6.13. The van der Waals surface area contributed by atoms with Crippen LogP contribution in [0.3, 0.4) is 0 Å². The maximum atomic E-state index is 13.0. The molecule has 190 valence electrons. The van der Waals surface area contributed by atoms with Crippen LogP contribution in [-0.2, 0) is 9.53 Å². The first kappa shape index (κ1) is 28.0. The third kappa shape index (κ3) is 8.86. The molecule has 1 aliphatic heterocycles. The van der Waals surface area contributed by atoms with E-state index in [0.29, 0.717) is 40.6 Å². The Morgan fingerprint density at radius 3 is 2.35 bits per heavy atom. The minimum absolute atomic E-state index is 0.267. The van der Waals surface area contributed by atoms with E-state index in [1.165, 1.54) is 32.1 Å². The molecule has 1 unspecified atom stereocenters. The standard InChI is InChI=1S/C27H41ClN2O4/c1-5-7-9-10-11-12-13-17-33-23-16-15-20(18-21(23)28)25-24(26(31)34-19(3)4)22(14-8-6-2)29-27(32)30-25/h15-16,18-19,25H,5-14,17H2,1-4H3,(H2,29,30,32). The maximum Gasteiger partial charge on any atom is 0.338 e. The largest absolute Gasteiger partial charge is 0.492 e. The van der Waals surface area contributed by atoms with Crippen LogP contribution in [-0.4, -0.2) is 24.7 Å². The highest BCUT2D eigenvalue weighted by atomic mass is 35.5. The maximum absolute atomic E-state index is 13.0. The van der Waals surface area contributed by atoms with Crippen LogP contribution < -0.4 is 15.4 Å². The average Bonchev–Trinajstić information content (AvgIpc) is 2.79. The number of urea groups is 1. The van der Waals surface area contributed by atoms with Crippen molar-refractivity contribution >= 4 is 23.6 Å². The molecular formula is C27H41ClN2O4. The van der Waals surface area contributed by atoms with Crippen molar-refractivity contribution in [3.05, 3.63) is 40.1 Å². The van der Waals surface area contributed by atoms with E-state index in [2.05, 4.69) is 24.5 Å². The van der Waals surface area contributed by atoms with E-state index in [0.717, 1.165) is 25.7 Å². The van der Waals surface area contributed by atoms with Gasteiger partial charge >= 0.3 is 12.0 Å². The molecule has 34 heavy (non-hydrogen) atoms. The van der Waals surface area contributed by atoms with Gasteiger partial charge in [-0.1, -0.05) is 76.5 Å². The van der Waals surface area contributed by atoms with E-state index in [9.17, 15) is 9.59 Å². The first-order valence-corrected chi connectivity index (χ1v) is 13.2. The van der Waals surface area contributed by atoms with Crippen LogP contribution in [0.15, 0.2) is 29.5 Å². The summed E-state index contributed by atoms with van der Waals surface area (Å²) in [6.07, 6.45) is 10.6. The Labute approximate surface area is 209 Å². The van der Waals surface area contributed by atoms with E-state index in [1.807, 2.05) is 26.0 Å². The molecule has 1 aromatic carbocycles. The summed E-state index contributed by atoms with van der Waals surface area (Å²) >= 11 is 6.53. The van der Waals surface area contributed by atoms with Gasteiger partial charge in [0.2, 0.25) is 0 Å². The van der Waals surface area contributed by atoms with E-state index >= 15 is 0 Å². The zero-order valence-electron chi connectivity index (χ0n) is 21.2. The molecule has 0 aliphatic carbocycles. The molecule has 2 rings (SSSR count). The molecule has 1 atom stereocenters. The predicted molar refractivity (Wildman–Crippen MR) is 137 cm³/mol. The first-order valence-electron chi connectivity index (χ1n) is 12.8. The van der Waals surface area contributed by atoms with Crippen molar-refractivity contribution in [2.45, 2.75) is 104 Å². The van der Waals surface area contributed by atoms with Crippen molar-refractivity contribution in [3.8, 4) is 5.75 Å². The molecule has 1 aromatic rings. The molecule has 1 heterocycles. The van der Waals surface area contributed by atoms with Crippen LogP contribution in [0.25, 0.3) is 0 Å². The molecule has 6 nitrogen and oxygen atoms in total. The number of carbonyl (C=O) groups excluding carboxylic acids is 2. The van der Waals surface area contributed by atoms with Gasteiger partial charge in [-0.25, -0.2) is 9.59 Å². The lowest BCUT2D eigenvalue weighted by Gasteiger charge is -2.30. The summed E-state index contributed by atoms with van der Waals surface area (Å²) in [5.74, 6) is 0.173. The Bertz CT molecular complexity index is 838. The Hall–Kier alpha value is -2.21. The lowest BCUT2D eigenvalue weighted by molar-refractivity contribution is -0.143. The lowest BCUT2D eigenvalue weighted by atomic mass is 9.93. The number of benzene rings is 1. The van der Waals surface area contributed by atoms with Crippen molar-refractivity contribution in [3.63, 3.8) is 0 Å². The number of hydrogen-bond donors (Lipinski definition) is 2. The van der Waals surface area contributed by atoms with Gasteiger partial charge in [0.25, 0.3) is 0 Å². The third-order valence-corrected chi connectivity index (χ3v) is 6.09. The van der Waals surface area contributed by atoms with E-state index in [-0.39, 0.29) is 12.1 Å². The molecule has 2 N–H and O–H groups in total. The summed E-state index contributed by atoms with van der Waals surface area (Å²) < 4.78 is 11.4. The van der Waals surface area contributed by atoms with E-state index in [1.54, 1.807) is 6.07 Å². The summed E-state index contributed by atoms with van der Waals surface area (Å²) in [6.45, 7) is 8.52. The molecule has 1 aliphatic rings.